The number of nitrogens with zero attached hydrogens (tertiary/aromatic N) is 3. The zero-order valence-electron chi connectivity index (χ0n) is 15.6. The molecule has 3 rings (SSSR count). The van der Waals surface area contributed by atoms with E-state index in [9.17, 15) is 13.2 Å². The summed E-state index contributed by atoms with van der Waals surface area (Å²) in [5, 5.41) is 4.07. The molecule has 27 heavy (non-hydrogen) atoms. The quantitative estimate of drug-likeness (QED) is 0.595. The van der Waals surface area contributed by atoms with E-state index in [2.05, 4.69) is 54.3 Å². The molecule has 0 saturated carbocycles. The highest BCUT2D eigenvalue weighted by Crippen LogP contribution is 2.37. The summed E-state index contributed by atoms with van der Waals surface area (Å²) in [4.78, 5) is 5.95. The van der Waals surface area contributed by atoms with Crippen molar-refractivity contribution in [2.24, 2.45) is 5.10 Å². The highest BCUT2D eigenvalue weighted by molar-refractivity contribution is 5.87. The molecule has 0 bridgehead atoms. The second kappa shape index (κ2) is 6.72. The van der Waals surface area contributed by atoms with Crippen molar-refractivity contribution in [1.29, 1.82) is 0 Å². The minimum absolute atomic E-state index is 0.0531. The smallest absolute Gasteiger partial charge is 0.366 e. The SMILES string of the molecule is CC1=CC(C)(C)N(C)c2ccc(/C=N/Nc3ccc(C(F)(F)F)cn3)cc21. The van der Waals surface area contributed by atoms with E-state index in [4.69, 9.17) is 0 Å². The largest absolute Gasteiger partial charge is 0.417 e. The number of nitrogens with one attached hydrogen (secondary N) is 1. The molecule has 0 saturated heterocycles. The van der Waals surface area contributed by atoms with Crippen molar-refractivity contribution in [3.05, 3.63) is 59.3 Å². The molecule has 0 radical (unpaired) electrons. The molecule has 0 spiro atoms. The molecule has 0 unspecified atom stereocenters. The molecule has 0 atom stereocenters. The van der Waals surface area contributed by atoms with Crippen molar-refractivity contribution in [2.45, 2.75) is 32.5 Å². The van der Waals surface area contributed by atoms with Gasteiger partial charge in [0.05, 0.1) is 17.3 Å². The van der Waals surface area contributed by atoms with Gasteiger partial charge in [-0.2, -0.15) is 18.3 Å². The van der Waals surface area contributed by atoms with Crippen LogP contribution in [0, 0.1) is 0 Å². The predicted molar refractivity (Wildman–Crippen MR) is 103 cm³/mol. The molecule has 2 aromatic rings. The van der Waals surface area contributed by atoms with Crippen LogP contribution in [0.5, 0.6) is 0 Å². The maximum absolute atomic E-state index is 12.5. The summed E-state index contributed by atoms with van der Waals surface area (Å²) >= 11 is 0. The lowest BCUT2D eigenvalue weighted by Gasteiger charge is -2.40. The van der Waals surface area contributed by atoms with Crippen LogP contribution in [0.1, 0.15) is 37.5 Å². The van der Waals surface area contributed by atoms with E-state index in [1.807, 2.05) is 18.2 Å². The summed E-state index contributed by atoms with van der Waals surface area (Å²) in [5.74, 6) is 0.245. The van der Waals surface area contributed by atoms with E-state index in [-0.39, 0.29) is 11.4 Å². The number of hydrazone groups is 1. The van der Waals surface area contributed by atoms with E-state index >= 15 is 0 Å². The molecule has 0 fully saturated rings. The Hall–Kier alpha value is -2.83. The summed E-state index contributed by atoms with van der Waals surface area (Å²) in [7, 11) is 2.06. The number of halogens is 3. The van der Waals surface area contributed by atoms with E-state index in [0.717, 1.165) is 29.1 Å². The zero-order chi connectivity index (χ0) is 19.8. The van der Waals surface area contributed by atoms with E-state index in [1.54, 1.807) is 6.21 Å². The summed E-state index contributed by atoms with van der Waals surface area (Å²) < 4.78 is 37.6. The van der Waals surface area contributed by atoms with Gasteiger partial charge in [-0.1, -0.05) is 12.1 Å². The number of benzene rings is 1. The lowest BCUT2D eigenvalue weighted by Crippen LogP contribution is -2.42. The Kier molecular flexibility index (Phi) is 4.71. The second-order valence-electron chi connectivity index (χ2n) is 7.12. The Labute approximate surface area is 156 Å². The first kappa shape index (κ1) is 18.9. The van der Waals surface area contributed by atoms with Crippen LogP contribution in [0.2, 0.25) is 0 Å². The van der Waals surface area contributed by atoms with E-state index in [1.165, 1.54) is 11.6 Å². The van der Waals surface area contributed by atoms with Gasteiger partial charge in [0.1, 0.15) is 5.82 Å². The van der Waals surface area contributed by atoms with Crippen molar-refractivity contribution in [2.75, 3.05) is 17.4 Å². The van der Waals surface area contributed by atoms with Gasteiger partial charge < -0.3 is 4.90 Å². The summed E-state index contributed by atoms with van der Waals surface area (Å²) in [6.07, 6.45) is 0.223. The number of rotatable bonds is 3. The first-order valence-corrected chi connectivity index (χ1v) is 8.48. The van der Waals surface area contributed by atoms with Crippen molar-refractivity contribution in [1.82, 2.24) is 4.98 Å². The third kappa shape index (κ3) is 3.97. The molecular formula is C20H21F3N4. The van der Waals surface area contributed by atoms with Gasteiger partial charge in [-0.25, -0.2) is 4.98 Å². The summed E-state index contributed by atoms with van der Waals surface area (Å²) in [6.45, 7) is 6.41. The molecule has 1 aliphatic rings. The van der Waals surface area contributed by atoms with Crippen molar-refractivity contribution < 1.29 is 13.2 Å². The van der Waals surface area contributed by atoms with Crippen LogP contribution in [-0.4, -0.2) is 23.8 Å². The number of anilines is 2. The Balaban J connectivity index is 1.75. The lowest BCUT2D eigenvalue weighted by molar-refractivity contribution is -0.137. The van der Waals surface area contributed by atoms with Crippen LogP contribution < -0.4 is 10.3 Å². The molecule has 1 N–H and O–H groups in total. The van der Waals surface area contributed by atoms with Gasteiger partial charge in [-0.05, 0) is 56.2 Å². The molecule has 1 aliphatic heterocycles. The number of hydrogen-bond donors (Lipinski definition) is 1. The molecule has 0 amide bonds. The number of aromatic nitrogens is 1. The van der Waals surface area contributed by atoms with E-state index in [0.29, 0.717) is 0 Å². The van der Waals surface area contributed by atoms with Crippen LogP contribution >= 0.6 is 0 Å². The van der Waals surface area contributed by atoms with Crippen LogP contribution in [0.3, 0.4) is 0 Å². The third-order valence-electron chi connectivity index (χ3n) is 4.72. The highest BCUT2D eigenvalue weighted by Gasteiger charge is 2.30. The maximum Gasteiger partial charge on any atom is 0.417 e. The average Bonchev–Trinajstić information content (AvgIpc) is 2.59. The van der Waals surface area contributed by atoms with Crippen molar-refractivity contribution in [3.8, 4) is 0 Å². The summed E-state index contributed by atoms with van der Waals surface area (Å²) in [6, 6.07) is 8.26. The molecule has 0 aliphatic carbocycles. The Bertz CT molecular complexity index is 896. The molecule has 1 aromatic carbocycles. The fourth-order valence-electron chi connectivity index (χ4n) is 3.06. The predicted octanol–water partition coefficient (Wildman–Crippen LogP) is 5.18. The van der Waals surface area contributed by atoms with Gasteiger partial charge in [-0.3, -0.25) is 5.43 Å². The Morgan fingerprint density at radius 2 is 1.93 bits per heavy atom. The zero-order valence-corrected chi connectivity index (χ0v) is 15.6. The lowest BCUT2D eigenvalue weighted by atomic mass is 9.89. The Morgan fingerprint density at radius 1 is 1.19 bits per heavy atom. The molecule has 142 valence electrons. The molecule has 2 heterocycles. The second-order valence-corrected chi connectivity index (χ2v) is 7.12. The van der Waals surface area contributed by atoms with Gasteiger partial charge >= 0.3 is 6.18 Å². The fraction of sp³-hybridized carbons (Fsp3) is 0.300. The van der Waals surface area contributed by atoms with Crippen LogP contribution in [0.25, 0.3) is 5.57 Å². The van der Waals surface area contributed by atoms with Crippen LogP contribution in [0.4, 0.5) is 24.7 Å². The fourth-order valence-corrected chi connectivity index (χ4v) is 3.06. The van der Waals surface area contributed by atoms with Crippen molar-refractivity contribution >= 4 is 23.3 Å². The molecule has 1 aromatic heterocycles. The monoisotopic (exact) mass is 374 g/mol. The minimum atomic E-state index is -4.40. The standard InChI is InChI=1S/C20H21F3N4/c1-13-10-19(2,3)27(4)17-7-5-14(9-16(13)17)11-25-26-18-8-6-15(12-24-18)20(21,22)23/h5-12H,1-4H3,(H,24,26)/b25-11+. The van der Waals surface area contributed by atoms with Gasteiger partial charge in [0.25, 0.3) is 0 Å². The Morgan fingerprint density at radius 3 is 2.56 bits per heavy atom. The number of alkyl halides is 3. The van der Waals surface area contributed by atoms with Gasteiger partial charge in [-0.15, -0.1) is 0 Å². The van der Waals surface area contributed by atoms with E-state index < -0.39 is 11.7 Å². The first-order valence-electron chi connectivity index (χ1n) is 8.48. The molecular weight excluding hydrogens is 353 g/mol. The minimum Gasteiger partial charge on any atom is -0.366 e. The number of allylic oxidation sites excluding steroid dienone is 1. The normalized spacial score (nSPS) is 16.3. The summed E-state index contributed by atoms with van der Waals surface area (Å²) in [5.41, 5.74) is 6.17. The van der Waals surface area contributed by atoms with Crippen molar-refractivity contribution in [3.63, 3.8) is 0 Å². The number of fused-ring (bicyclic) bond motifs is 1. The molecule has 7 heteroatoms. The third-order valence-corrected chi connectivity index (χ3v) is 4.72. The maximum atomic E-state index is 12.5. The van der Waals surface area contributed by atoms with Crippen LogP contribution in [-0.2, 0) is 6.18 Å². The number of hydrogen-bond acceptors (Lipinski definition) is 4. The number of pyridine rings is 1. The average molecular weight is 374 g/mol. The van der Waals surface area contributed by atoms with Gasteiger partial charge in [0, 0.05) is 24.5 Å². The van der Waals surface area contributed by atoms with Gasteiger partial charge in [0.2, 0.25) is 0 Å². The van der Waals surface area contributed by atoms with Gasteiger partial charge in [0.15, 0.2) is 0 Å². The first-order chi connectivity index (χ1) is 12.6. The topological polar surface area (TPSA) is 40.5 Å². The molecule has 4 nitrogen and oxygen atoms in total. The van der Waals surface area contributed by atoms with Crippen LogP contribution in [0.15, 0.2) is 47.7 Å². The highest BCUT2D eigenvalue weighted by atomic mass is 19.4. The number of likely N-dealkylation sites (N-methyl/N-ethyl adjacent to an activating group) is 1.